The topological polar surface area (TPSA) is 110 Å². The largest absolute Gasteiger partial charge is 0.369 e. The molecule has 0 bridgehead atoms. The van der Waals surface area contributed by atoms with Crippen molar-refractivity contribution >= 4 is 33.2 Å². The third-order valence-corrected chi connectivity index (χ3v) is 7.05. The number of primary amides is 1. The molecule has 7 nitrogen and oxygen atoms in total. The van der Waals surface area contributed by atoms with E-state index in [0.717, 1.165) is 16.2 Å². The molecule has 1 fully saturated rings. The predicted molar refractivity (Wildman–Crippen MR) is 82.5 cm³/mol. The summed E-state index contributed by atoms with van der Waals surface area (Å²) in [5, 5.41) is 2.64. The summed E-state index contributed by atoms with van der Waals surface area (Å²) in [5.74, 6) is -0.776. The summed E-state index contributed by atoms with van der Waals surface area (Å²) in [6, 6.07) is 3.25. The Bertz CT molecular complexity index is 661. The molecule has 2 heterocycles. The fourth-order valence-corrected chi connectivity index (χ4v) is 5.23. The van der Waals surface area contributed by atoms with E-state index >= 15 is 0 Å². The minimum absolute atomic E-state index is 0.161. The molecular weight excluding hydrogens is 326 g/mol. The SMILES string of the molecule is CC(=O)NCc1ccc(S(=O)(=O)N2CCC(C(N)=O)CC2)s1. The fourth-order valence-electron chi connectivity index (χ4n) is 2.31. The summed E-state index contributed by atoms with van der Waals surface area (Å²) in [6.07, 6.45) is 0.914. The maximum absolute atomic E-state index is 12.5. The van der Waals surface area contributed by atoms with Crippen LogP contribution in [-0.4, -0.2) is 37.6 Å². The van der Waals surface area contributed by atoms with Crippen molar-refractivity contribution in [3.63, 3.8) is 0 Å². The molecule has 3 N–H and O–H groups in total. The van der Waals surface area contributed by atoms with Crippen LogP contribution in [0.15, 0.2) is 16.3 Å². The third-order valence-electron chi connectivity index (χ3n) is 3.60. The summed E-state index contributed by atoms with van der Waals surface area (Å²) in [6.45, 7) is 2.33. The zero-order valence-corrected chi connectivity index (χ0v) is 13.9. The smallest absolute Gasteiger partial charge is 0.252 e. The van der Waals surface area contributed by atoms with E-state index in [0.29, 0.717) is 32.5 Å². The van der Waals surface area contributed by atoms with E-state index in [2.05, 4.69) is 5.32 Å². The van der Waals surface area contributed by atoms with Gasteiger partial charge in [-0.1, -0.05) is 0 Å². The van der Waals surface area contributed by atoms with Crippen LogP contribution in [0.5, 0.6) is 0 Å². The Morgan fingerprint density at radius 3 is 2.55 bits per heavy atom. The van der Waals surface area contributed by atoms with E-state index in [4.69, 9.17) is 5.73 Å². The first-order valence-electron chi connectivity index (χ1n) is 6.93. The van der Waals surface area contributed by atoms with Gasteiger partial charge in [-0.3, -0.25) is 9.59 Å². The Kier molecular flexibility index (Phi) is 5.20. The van der Waals surface area contributed by atoms with Gasteiger partial charge >= 0.3 is 0 Å². The van der Waals surface area contributed by atoms with Crippen molar-refractivity contribution < 1.29 is 18.0 Å². The second kappa shape index (κ2) is 6.76. The van der Waals surface area contributed by atoms with Gasteiger partial charge in [-0.15, -0.1) is 11.3 Å². The molecule has 1 aliphatic rings. The number of hydrogen-bond acceptors (Lipinski definition) is 5. The van der Waals surface area contributed by atoms with Crippen LogP contribution in [0.25, 0.3) is 0 Å². The first kappa shape index (κ1) is 16.9. The zero-order chi connectivity index (χ0) is 16.3. The summed E-state index contributed by atoms with van der Waals surface area (Å²) >= 11 is 1.15. The van der Waals surface area contributed by atoms with E-state index in [1.165, 1.54) is 11.2 Å². The zero-order valence-electron chi connectivity index (χ0n) is 12.2. The highest BCUT2D eigenvalue weighted by Crippen LogP contribution is 2.28. The van der Waals surface area contributed by atoms with Crippen molar-refractivity contribution in [2.45, 2.75) is 30.5 Å². The molecule has 9 heteroatoms. The van der Waals surface area contributed by atoms with Gasteiger partial charge in [0.25, 0.3) is 10.0 Å². The lowest BCUT2D eigenvalue weighted by Crippen LogP contribution is -2.41. The van der Waals surface area contributed by atoms with Crippen LogP contribution < -0.4 is 11.1 Å². The highest BCUT2D eigenvalue weighted by molar-refractivity contribution is 7.91. The Morgan fingerprint density at radius 2 is 2.00 bits per heavy atom. The third kappa shape index (κ3) is 3.84. The van der Waals surface area contributed by atoms with Gasteiger partial charge in [0.2, 0.25) is 11.8 Å². The molecule has 22 heavy (non-hydrogen) atoms. The molecule has 122 valence electrons. The van der Waals surface area contributed by atoms with E-state index in [9.17, 15) is 18.0 Å². The summed E-state index contributed by atoms with van der Waals surface area (Å²) in [4.78, 5) is 22.8. The van der Waals surface area contributed by atoms with Crippen molar-refractivity contribution in [1.29, 1.82) is 0 Å². The van der Waals surface area contributed by atoms with Crippen molar-refractivity contribution in [1.82, 2.24) is 9.62 Å². The van der Waals surface area contributed by atoms with Gasteiger partial charge in [0, 0.05) is 30.8 Å². The summed E-state index contributed by atoms with van der Waals surface area (Å²) in [5.41, 5.74) is 5.25. The molecule has 0 unspecified atom stereocenters. The standard InChI is InChI=1S/C13H19N3O4S2/c1-9(17)15-8-11-2-3-12(21-11)22(19,20)16-6-4-10(5-7-16)13(14)18/h2-3,10H,4-8H2,1H3,(H2,14,18)(H,15,17). The summed E-state index contributed by atoms with van der Waals surface area (Å²) in [7, 11) is -3.54. The molecule has 1 saturated heterocycles. The molecule has 0 aromatic carbocycles. The molecule has 1 aromatic rings. The summed E-state index contributed by atoms with van der Waals surface area (Å²) < 4.78 is 26.7. The monoisotopic (exact) mass is 345 g/mol. The molecule has 0 radical (unpaired) electrons. The van der Waals surface area contributed by atoms with Crippen molar-refractivity contribution in [2.24, 2.45) is 11.7 Å². The molecular formula is C13H19N3O4S2. The van der Waals surface area contributed by atoms with Crippen LogP contribution in [0.1, 0.15) is 24.6 Å². The van der Waals surface area contributed by atoms with Crippen LogP contribution in [0.2, 0.25) is 0 Å². The van der Waals surface area contributed by atoms with E-state index in [1.807, 2.05) is 0 Å². The number of sulfonamides is 1. The van der Waals surface area contributed by atoms with Gasteiger partial charge < -0.3 is 11.1 Å². The van der Waals surface area contributed by atoms with Gasteiger partial charge in [-0.05, 0) is 25.0 Å². The lowest BCUT2D eigenvalue weighted by atomic mass is 9.98. The number of carbonyl (C=O) groups excluding carboxylic acids is 2. The van der Waals surface area contributed by atoms with Crippen molar-refractivity contribution in [3.05, 3.63) is 17.0 Å². The Balaban J connectivity index is 2.05. The number of thiophene rings is 1. The Morgan fingerprint density at radius 1 is 1.36 bits per heavy atom. The van der Waals surface area contributed by atoms with E-state index < -0.39 is 10.0 Å². The number of piperidine rings is 1. The number of hydrogen-bond donors (Lipinski definition) is 2. The maximum atomic E-state index is 12.5. The number of rotatable bonds is 5. The van der Waals surface area contributed by atoms with Crippen LogP contribution in [-0.2, 0) is 26.2 Å². The number of nitrogens with zero attached hydrogens (tertiary/aromatic N) is 1. The predicted octanol–water partition coefficient (Wildman–Crippen LogP) is 0.270. The number of amides is 2. The van der Waals surface area contributed by atoms with E-state index in [-0.39, 0.29) is 21.9 Å². The fraction of sp³-hybridized carbons (Fsp3) is 0.538. The molecule has 0 aliphatic carbocycles. The van der Waals surface area contributed by atoms with Gasteiger partial charge in [-0.2, -0.15) is 4.31 Å². The molecule has 0 spiro atoms. The van der Waals surface area contributed by atoms with Gasteiger partial charge in [0.05, 0.1) is 6.54 Å². The quantitative estimate of drug-likeness (QED) is 0.798. The van der Waals surface area contributed by atoms with Gasteiger partial charge in [-0.25, -0.2) is 8.42 Å². The molecule has 1 aromatic heterocycles. The highest BCUT2D eigenvalue weighted by atomic mass is 32.2. The van der Waals surface area contributed by atoms with Crippen molar-refractivity contribution in [3.8, 4) is 0 Å². The average Bonchev–Trinajstić information content (AvgIpc) is 2.95. The maximum Gasteiger partial charge on any atom is 0.252 e. The highest BCUT2D eigenvalue weighted by Gasteiger charge is 2.32. The Hall–Kier alpha value is -1.45. The average molecular weight is 345 g/mol. The molecule has 2 amide bonds. The molecule has 0 atom stereocenters. The second-order valence-corrected chi connectivity index (χ2v) is 8.54. The lowest BCUT2D eigenvalue weighted by Gasteiger charge is -2.29. The normalized spacial score (nSPS) is 17.3. The molecule has 2 rings (SSSR count). The van der Waals surface area contributed by atoms with Crippen LogP contribution in [0.4, 0.5) is 0 Å². The first-order valence-corrected chi connectivity index (χ1v) is 9.19. The number of nitrogens with two attached hydrogens (primary N) is 1. The first-order chi connectivity index (χ1) is 10.3. The second-order valence-electron chi connectivity index (χ2n) is 5.21. The minimum Gasteiger partial charge on any atom is -0.369 e. The van der Waals surface area contributed by atoms with Crippen LogP contribution >= 0.6 is 11.3 Å². The van der Waals surface area contributed by atoms with Gasteiger partial charge in [0.15, 0.2) is 0 Å². The van der Waals surface area contributed by atoms with E-state index in [1.54, 1.807) is 12.1 Å². The number of nitrogens with one attached hydrogen (secondary N) is 1. The van der Waals surface area contributed by atoms with Crippen molar-refractivity contribution in [2.75, 3.05) is 13.1 Å². The minimum atomic E-state index is -3.54. The van der Waals surface area contributed by atoms with Gasteiger partial charge in [0.1, 0.15) is 4.21 Å². The lowest BCUT2D eigenvalue weighted by molar-refractivity contribution is -0.123. The van der Waals surface area contributed by atoms with Crippen LogP contribution in [0, 0.1) is 5.92 Å². The molecule has 0 saturated carbocycles. The number of carbonyl (C=O) groups is 2. The van der Waals surface area contributed by atoms with Crippen LogP contribution in [0.3, 0.4) is 0 Å². The molecule has 1 aliphatic heterocycles. The Labute approximate surface area is 133 Å².